The van der Waals surface area contributed by atoms with Crippen molar-refractivity contribution in [2.24, 2.45) is 0 Å². The Morgan fingerprint density at radius 1 is 1.31 bits per heavy atom. The molecule has 0 rings (SSSR count). The van der Waals surface area contributed by atoms with Crippen LogP contribution in [0.25, 0.3) is 0 Å². The fraction of sp³-hybridized carbons (Fsp3) is 0.909. The molecule has 0 heterocycles. The standard InChI is InChI=1S/C11H22O4P/c1-4-6-7-8-11(12)15-10(5-2)9-14-16(3)13/h10H,4-9H2,1-3H3/q+1/t10-/m1/s1. The molecule has 0 spiro atoms. The Balaban J connectivity index is 3.74. The summed E-state index contributed by atoms with van der Waals surface area (Å²) in [7, 11) is -1.62. The van der Waals surface area contributed by atoms with Gasteiger partial charge in [-0.25, -0.2) is 0 Å². The molecule has 0 aliphatic heterocycles. The zero-order valence-corrected chi connectivity index (χ0v) is 11.3. The van der Waals surface area contributed by atoms with Gasteiger partial charge in [0.25, 0.3) is 0 Å². The molecule has 0 aliphatic carbocycles. The van der Waals surface area contributed by atoms with E-state index in [4.69, 9.17) is 9.26 Å². The van der Waals surface area contributed by atoms with Crippen molar-refractivity contribution < 1.29 is 18.6 Å². The van der Waals surface area contributed by atoms with Gasteiger partial charge >= 0.3 is 14.0 Å². The van der Waals surface area contributed by atoms with Crippen LogP contribution in [0.2, 0.25) is 0 Å². The second-order valence-corrected chi connectivity index (χ2v) is 4.85. The summed E-state index contributed by atoms with van der Waals surface area (Å²) in [6.07, 6.45) is 3.88. The predicted molar refractivity (Wildman–Crippen MR) is 63.8 cm³/mol. The highest BCUT2D eigenvalue weighted by molar-refractivity contribution is 7.38. The molecule has 4 nitrogen and oxygen atoms in total. The number of unbranched alkanes of at least 4 members (excludes halogenated alkanes) is 2. The Bertz CT molecular complexity index is 218. The van der Waals surface area contributed by atoms with E-state index in [9.17, 15) is 9.36 Å². The zero-order valence-electron chi connectivity index (χ0n) is 10.4. The van der Waals surface area contributed by atoms with Crippen LogP contribution < -0.4 is 0 Å². The number of hydrogen-bond acceptors (Lipinski definition) is 4. The molecule has 0 saturated heterocycles. The smallest absolute Gasteiger partial charge is 0.460 e. The van der Waals surface area contributed by atoms with Gasteiger partial charge in [0.15, 0.2) is 6.66 Å². The summed E-state index contributed by atoms with van der Waals surface area (Å²) in [5, 5.41) is 0. The lowest BCUT2D eigenvalue weighted by atomic mass is 10.2. The number of hydrogen-bond donors (Lipinski definition) is 0. The van der Waals surface area contributed by atoms with Crippen LogP contribution in [0.1, 0.15) is 46.0 Å². The first-order valence-electron chi connectivity index (χ1n) is 5.83. The maximum atomic E-state index is 11.4. The third kappa shape index (κ3) is 8.81. The topological polar surface area (TPSA) is 52.6 Å². The van der Waals surface area contributed by atoms with Gasteiger partial charge in [0.05, 0.1) is 0 Å². The van der Waals surface area contributed by atoms with Gasteiger partial charge in [0.2, 0.25) is 0 Å². The molecule has 0 N–H and O–H groups in total. The van der Waals surface area contributed by atoms with Gasteiger partial charge in [0, 0.05) is 6.42 Å². The highest BCUT2D eigenvalue weighted by Gasteiger charge is 2.17. The van der Waals surface area contributed by atoms with Crippen LogP contribution in [0.4, 0.5) is 0 Å². The van der Waals surface area contributed by atoms with Crippen molar-refractivity contribution in [2.75, 3.05) is 13.3 Å². The summed E-state index contributed by atoms with van der Waals surface area (Å²) in [5.41, 5.74) is 0. The monoisotopic (exact) mass is 249 g/mol. The molecule has 0 fully saturated rings. The molecule has 0 aromatic heterocycles. The van der Waals surface area contributed by atoms with Crippen molar-refractivity contribution in [2.45, 2.75) is 52.1 Å². The van der Waals surface area contributed by atoms with E-state index in [1.807, 2.05) is 6.92 Å². The molecule has 1 unspecified atom stereocenters. The van der Waals surface area contributed by atoms with Gasteiger partial charge in [-0.15, -0.1) is 4.52 Å². The molecule has 0 aliphatic rings. The van der Waals surface area contributed by atoms with Crippen molar-refractivity contribution in [1.29, 1.82) is 0 Å². The van der Waals surface area contributed by atoms with Gasteiger partial charge in [-0.3, -0.25) is 4.79 Å². The minimum absolute atomic E-state index is 0.185. The fourth-order valence-electron chi connectivity index (χ4n) is 1.19. The molecular weight excluding hydrogens is 227 g/mol. The van der Waals surface area contributed by atoms with Crippen LogP contribution in [0, 0.1) is 0 Å². The number of carbonyl (C=O) groups excluding carboxylic acids is 1. The molecule has 0 amide bonds. The molecule has 94 valence electrons. The Labute approximate surface area is 98.6 Å². The van der Waals surface area contributed by atoms with E-state index in [0.717, 1.165) is 19.3 Å². The Hall–Kier alpha value is -0.470. The van der Waals surface area contributed by atoms with E-state index in [2.05, 4.69) is 6.92 Å². The number of rotatable bonds is 9. The first-order valence-corrected chi connectivity index (χ1v) is 7.45. The average Bonchev–Trinajstić information content (AvgIpc) is 2.24. The lowest BCUT2D eigenvalue weighted by Gasteiger charge is -2.13. The van der Waals surface area contributed by atoms with E-state index >= 15 is 0 Å². The van der Waals surface area contributed by atoms with Crippen molar-refractivity contribution in [1.82, 2.24) is 0 Å². The van der Waals surface area contributed by atoms with Crippen molar-refractivity contribution >= 4 is 14.0 Å². The third-order valence-electron chi connectivity index (χ3n) is 2.18. The molecule has 2 atom stereocenters. The molecule has 16 heavy (non-hydrogen) atoms. The maximum absolute atomic E-state index is 11.4. The maximum Gasteiger partial charge on any atom is 0.504 e. The van der Waals surface area contributed by atoms with E-state index in [1.54, 1.807) is 0 Å². The predicted octanol–water partition coefficient (Wildman–Crippen LogP) is 3.28. The molecule has 0 aromatic rings. The average molecular weight is 249 g/mol. The van der Waals surface area contributed by atoms with Crippen molar-refractivity contribution in [3.63, 3.8) is 0 Å². The second kappa shape index (κ2) is 9.73. The van der Waals surface area contributed by atoms with E-state index in [0.29, 0.717) is 12.8 Å². The second-order valence-electron chi connectivity index (χ2n) is 3.71. The molecule has 0 radical (unpaired) electrons. The molecule has 0 saturated carbocycles. The first-order chi connectivity index (χ1) is 7.60. The van der Waals surface area contributed by atoms with Crippen LogP contribution in [0.3, 0.4) is 0 Å². The number of esters is 1. The lowest BCUT2D eigenvalue weighted by Crippen LogP contribution is -2.21. The lowest BCUT2D eigenvalue weighted by molar-refractivity contribution is -0.150. The molecular formula is C11H22O4P+. The van der Waals surface area contributed by atoms with Gasteiger partial charge in [-0.05, 0) is 17.4 Å². The molecule has 5 heteroatoms. The minimum atomic E-state index is -1.62. The summed E-state index contributed by atoms with van der Waals surface area (Å²) in [6.45, 7) is 5.72. The quantitative estimate of drug-likeness (QED) is 0.357. The highest BCUT2D eigenvalue weighted by Crippen LogP contribution is 2.17. The summed E-state index contributed by atoms with van der Waals surface area (Å²) in [4.78, 5) is 11.4. The largest absolute Gasteiger partial charge is 0.504 e. The van der Waals surface area contributed by atoms with Crippen LogP contribution in [-0.2, 0) is 18.6 Å². The normalized spacial score (nSPS) is 13.3. The minimum Gasteiger partial charge on any atom is -0.460 e. The molecule has 0 aromatic carbocycles. The number of carbonyl (C=O) groups is 1. The summed E-state index contributed by atoms with van der Waals surface area (Å²) >= 11 is 0. The van der Waals surface area contributed by atoms with Crippen LogP contribution in [0.15, 0.2) is 0 Å². The zero-order chi connectivity index (χ0) is 12.4. The van der Waals surface area contributed by atoms with Crippen molar-refractivity contribution in [3.05, 3.63) is 0 Å². The van der Waals surface area contributed by atoms with E-state index in [1.165, 1.54) is 6.66 Å². The molecule has 0 bridgehead atoms. The van der Waals surface area contributed by atoms with Crippen LogP contribution >= 0.6 is 8.03 Å². The SMILES string of the molecule is CCCCCC(=O)O[C@H](CC)CO[P+](C)=O. The summed E-state index contributed by atoms with van der Waals surface area (Å²) in [5.74, 6) is -0.185. The fourth-order valence-corrected chi connectivity index (χ4v) is 1.56. The van der Waals surface area contributed by atoms with Gasteiger partial charge in [-0.2, -0.15) is 0 Å². The van der Waals surface area contributed by atoms with Gasteiger partial charge < -0.3 is 4.74 Å². The first kappa shape index (κ1) is 15.5. The van der Waals surface area contributed by atoms with Gasteiger partial charge in [0.1, 0.15) is 12.7 Å². The highest BCUT2D eigenvalue weighted by atomic mass is 31.1. The Morgan fingerprint density at radius 3 is 2.50 bits per heavy atom. The van der Waals surface area contributed by atoms with Crippen LogP contribution in [0.5, 0.6) is 0 Å². The van der Waals surface area contributed by atoms with E-state index in [-0.39, 0.29) is 18.7 Å². The van der Waals surface area contributed by atoms with Crippen molar-refractivity contribution in [3.8, 4) is 0 Å². The van der Waals surface area contributed by atoms with E-state index < -0.39 is 8.03 Å². The Kier molecular flexibility index (Phi) is 9.45. The van der Waals surface area contributed by atoms with Gasteiger partial charge in [-0.1, -0.05) is 26.7 Å². The van der Waals surface area contributed by atoms with Crippen LogP contribution in [-0.4, -0.2) is 25.3 Å². The summed E-state index contributed by atoms with van der Waals surface area (Å²) in [6, 6.07) is 0. The Morgan fingerprint density at radius 2 is 2.00 bits per heavy atom. The third-order valence-corrected chi connectivity index (χ3v) is 2.69. The number of ether oxygens (including phenoxy) is 1. The summed E-state index contributed by atoms with van der Waals surface area (Å²) < 4.78 is 20.9.